The lowest BCUT2D eigenvalue weighted by Gasteiger charge is -2.37. The van der Waals surface area contributed by atoms with Gasteiger partial charge in [0.25, 0.3) is 0 Å². The van der Waals surface area contributed by atoms with Gasteiger partial charge in [-0.1, -0.05) is 0 Å². The molecule has 6 nitrogen and oxygen atoms in total. The number of aromatic nitrogens is 1. The zero-order valence-corrected chi connectivity index (χ0v) is 13.0. The van der Waals surface area contributed by atoms with Crippen molar-refractivity contribution in [1.82, 2.24) is 14.8 Å². The normalized spacial score (nSPS) is 20.2. The Labute approximate surface area is 126 Å². The molecule has 1 aromatic rings. The second-order valence-corrected chi connectivity index (χ2v) is 5.40. The molecule has 1 aromatic heterocycles. The van der Waals surface area contributed by atoms with Crippen LogP contribution >= 0.6 is 0 Å². The number of rotatable bonds is 5. The van der Waals surface area contributed by atoms with Crippen LogP contribution in [-0.2, 0) is 4.74 Å². The average Bonchev–Trinajstić information content (AvgIpc) is 2.49. The summed E-state index contributed by atoms with van der Waals surface area (Å²) in [5.41, 5.74) is 0.492. The zero-order valence-electron chi connectivity index (χ0n) is 13.0. The maximum atomic E-state index is 11.9. The van der Waals surface area contributed by atoms with Crippen molar-refractivity contribution in [2.24, 2.45) is 0 Å². The predicted molar refractivity (Wildman–Crippen MR) is 82.6 cm³/mol. The molecule has 1 unspecified atom stereocenters. The highest BCUT2D eigenvalue weighted by Gasteiger charge is 2.22. The first-order valence-corrected chi connectivity index (χ1v) is 7.36. The molecule has 1 saturated heterocycles. The van der Waals surface area contributed by atoms with Gasteiger partial charge in [-0.2, -0.15) is 0 Å². The van der Waals surface area contributed by atoms with E-state index in [4.69, 9.17) is 4.74 Å². The topological polar surface area (TPSA) is 57.7 Å². The number of hydrogen-bond donors (Lipinski definition) is 1. The Hall–Kier alpha value is -1.66. The van der Waals surface area contributed by atoms with E-state index in [-0.39, 0.29) is 5.97 Å². The molecular formula is C15H24N4O2. The number of nitrogens with one attached hydrogen (secondary N) is 1. The SMILES string of the molecule is CCOC(=O)c1cccnc1NCC1CN(C)CCN1C. The first-order valence-electron chi connectivity index (χ1n) is 7.36. The standard InChI is InChI=1S/C15H24N4O2/c1-4-21-15(20)13-6-5-7-16-14(13)17-10-12-11-18(2)8-9-19(12)3/h5-7,12H,4,8-11H2,1-3H3,(H,16,17). The number of anilines is 1. The van der Waals surface area contributed by atoms with Gasteiger partial charge >= 0.3 is 5.97 Å². The van der Waals surface area contributed by atoms with E-state index in [0.29, 0.717) is 24.0 Å². The van der Waals surface area contributed by atoms with Gasteiger partial charge in [-0.15, -0.1) is 0 Å². The Bertz CT molecular complexity index is 480. The van der Waals surface area contributed by atoms with Crippen LogP contribution in [0, 0.1) is 0 Å². The van der Waals surface area contributed by atoms with Gasteiger partial charge in [-0.3, -0.25) is 4.90 Å². The number of pyridine rings is 1. The molecule has 1 fully saturated rings. The summed E-state index contributed by atoms with van der Waals surface area (Å²) in [6, 6.07) is 3.89. The number of carbonyl (C=O) groups excluding carboxylic acids is 1. The highest BCUT2D eigenvalue weighted by atomic mass is 16.5. The van der Waals surface area contributed by atoms with Gasteiger partial charge in [0.05, 0.1) is 6.61 Å². The highest BCUT2D eigenvalue weighted by Crippen LogP contribution is 2.14. The van der Waals surface area contributed by atoms with E-state index in [2.05, 4.69) is 34.2 Å². The van der Waals surface area contributed by atoms with Gasteiger partial charge < -0.3 is 15.0 Å². The summed E-state index contributed by atoms with van der Waals surface area (Å²) in [4.78, 5) is 20.8. The summed E-state index contributed by atoms with van der Waals surface area (Å²) < 4.78 is 5.06. The Morgan fingerprint density at radius 3 is 3.05 bits per heavy atom. The van der Waals surface area contributed by atoms with Crippen LogP contribution in [0.15, 0.2) is 18.3 Å². The number of piperazine rings is 1. The molecule has 1 aliphatic rings. The summed E-state index contributed by atoms with van der Waals surface area (Å²) in [7, 11) is 4.26. The number of likely N-dealkylation sites (N-methyl/N-ethyl adjacent to an activating group) is 2. The minimum Gasteiger partial charge on any atom is -0.462 e. The zero-order chi connectivity index (χ0) is 15.2. The second-order valence-electron chi connectivity index (χ2n) is 5.40. The fourth-order valence-electron chi connectivity index (χ4n) is 2.46. The minimum absolute atomic E-state index is 0.331. The third-order valence-corrected chi connectivity index (χ3v) is 3.79. The number of carbonyl (C=O) groups is 1. The van der Waals surface area contributed by atoms with Crippen LogP contribution in [0.3, 0.4) is 0 Å². The summed E-state index contributed by atoms with van der Waals surface area (Å²) in [5, 5.41) is 3.29. The Kier molecular flexibility index (Phi) is 5.52. The van der Waals surface area contributed by atoms with Gasteiger partial charge in [-0.05, 0) is 33.2 Å². The molecule has 0 amide bonds. The fourth-order valence-corrected chi connectivity index (χ4v) is 2.46. The molecular weight excluding hydrogens is 268 g/mol. The molecule has 0 radical (unpaired) electrons. The van der Waals surface area contributed by atoms with E-state index in [1.54, 1.807) is 25.3 Å². The van der Waals surface area contributed by atoms with Gasteiger partial charge in [0, 0.05) is 38.4 Å². The van der Waals surface area contributed by atoms with Gasteiger partial charge in [0.1, 0.15) is 11.4 Å². The number of hydrogen-bond acceptors (Lipinski definition) is 6. The van der Waals surface area contributed by atoms with Crippen molar-refractivity contribution in [3.63, 3.8) is 0 Å². The van der Waals surface area contributed by atoms with Crippen LogP contribution in [0.1, 0.15) is 17.3 Å². The van der Waals surface area contributed by atoms with Crippen molar-refractivity contribution in [3.05, 3.63) is 23.9 Å². The number of esters is 1. The molecule has 2 rings (SSSR count). The van der Waals surface area contributed by atoms with Crippen molar-refractivity contribution in [3.8, 4) is 0 Å². The molecule has 0 aliphatic carbocycles. The Morgan fingerprint density at radius 1 is 1.48 bits per heavy atom. The number of nitrogens with zero attached hydrogens (tertiary/aromatic N) is 3. The summed E-state index contributed by atoms with van der Waals surface area (Å²) in [6.45, 7) is 6.06. The maximum absolute atomic E-state index is 11.9. The Morgan fingerprint density at radius 2 is 2.29 bits per heavy atom. The van der Waals surface area contributed by atoms with E-state index >= 15 is 0 Å². The molecule has 0 bridgehead atoms. The first-order chi connectivity index (χ1) is 10.1. The molecule has 116 valence electrons. The molecule has 1 N–H and O–H groups in total. The van der Waals surface area contributed by atoms with Gasteiger partial charge in [-0.25, -0.2) is 9.78 Å². The maximum Gasteiger partial charge on any atom is 0.341 e. The fraction of sp³-hybridized carbons (Fsp3) is 0.600. The molecule has 0 aromatic carbocycles. The summed E-state index contributed by atoms with van der Waals surface area (Å²) in [6.07, 6.45) is 1.68. The minimum atomic E-state index is -0.331. The van der Waals surface area contributed by atoms with Gasteiger partial charge in [0.2, 0.25) is 0 Å². The van der Waals surface area contributed by atoms with Crippen LogP contribution in [0.4, 0.5) is 5.82 Å². The van der Waals surface area contributed by atoms with Crippen molar-refractivity contribution in [2.75, 3.05) is 52.2 Å². The van der Waals surface area contributed by atoms with Crippen molar-refractivity contribution < 1.29 is 9.53 Å². The average molecular weight is 292 g/mol. The molecule has 2 heterocycles. The summed E-state index contributed by atoms with van der Waals surface area (Å²) >= 11 is 0. The smallest absolute Gasteiger partial charge is 0.341 e. The van der Waals surface area contributed by atoms with Crippen LogP contribution in [0.2, 0.25) is 0 Å². The van der Waals surface area contributed by atoms with Crippen molar-refractivity contribution in [2.45, 2.75) is 13.0 Å². The highest BCUT2D eigenvalue weighted by molar-refractivity contribution is 5.94. The molecule has 1 atom stereocenters. The van der Waals surface area contributed by atoms with E-state index in [9.17, 15) is 4.79 Å². The van der Waals surface area contributed by atoms with E-state index in [1.807, 2.05) is 0 Å². The lowest BCUT2D eigenvalue weighted by Crippen LogP contribution is -2.52. The van der Waals surface area contributed by atoms with Crippen molar-refractivity contribution >= 4 is 11.8 Å². The van der Waals surface area contributed by atoms with E-state index in [0.717, 1.165) is 26.2 Å². The van der Waals surface area contributed by atoms with Gasteiger partial charge in [0.15, 0.2) is 0 Å². The third kappa shape index (κ3) is 4.15. The second kappa shape index (κ2) is 7.38. The van der Waals surface area contributed by atoms with Crippen LogP contribution < -0.4 is 5.32 Å². The largest absolute Gasteiger partial charge is 0.462 e. The Balaban J connectivity index is 2.01. The summed E-state index contributed by atoms with van der Waals surface area (Å²) in [5.74, 6) is 0.264. The van der Waals surface area contributed by atoms with Crippen LogP contribution in [0.5, 0.6) is 0 Å². The van der Waals surface area contributed by atoms with Crippen LogP contribution in [0.25, 0.3) is 0 Å². The lowest BCUT2D eigenvalue weighted by atomic mass is 10.2. The molecule has 21 heavy (non-hydrogen) atoms. The van der Waals surface area contributed by atoms with Crippen LogP contribution in [-0.4, -0.2) is 73.7 Å². The lowest BCUT2D eigenvalue weighted by molar-refractivity contribution is 0.0527. The third-order valence-electron chi connectivity index (χ3n) is 3.79. The molecule has 1 aliphatic heterocycles. The van der Waals surface area contributed by atoms with E-state index < -0.39 is 0 Å². The van der Waals surface area contributed by atoms with E-state index in [1.165, 1.54) is 0 Å². The monoisotopic (exact) mass is 292 g/mol. The number of ether oxygens (including phenoxy) is 1. The molecule has 0 saturated carbocycles. The van der Waals surface area contributed by atoms with Crippen molar-refractivity contribution in [1.29, 1.82) is 0 Å². The predicted octanol–water partition coefficient (Wildman–Crippen LogP) is 0.916. The molecule has 0 spiro atoms. The molecule has 6 heteroatoms. The quantitative estimate of drug-likeness (QED) is 0.814. The first kappa shape index (κ1) is 15.7.